The quantitative estimate of drug-likeness (QED) is 0.0656. The molecule has 0 unspecified atom stereocenters. The van der Waals surface area contributed by atoms with Crippen LogP contribution in [0.25, 0.3) is 0 Å². The third-order valence-corrected chi connectivity index (χ3v) is 6.79. The molecule has 0 saturated carbocycles. The zero-order valence-electron chi connectivity index (χ0n) is 21.6. The molecule has 0 saturated heterocycles. The second-order valence-corrected chi connectivity index (χ2v) is 10.1. The molecule has 0 aliphatic heterocycles. The number of rotatable bonds is 18. The third kappa shape index (κ3) is 13.0. The fourth-order valence-corrected chi connectivity index (χ4v) is 4.40. The number of benzene rings is 2. The van der Waals surface area contributed by atoms with E-state index in [2.05, 4.69) is 33.4 Å². The zero-order chi connectivity index (χ0) is 25.8. The molecule has 0 fully saturated rings. The number of hydrogen-bond acceptors (Lipinski definition) is 4. The highest BCUT2D eigenvalue weighted by molar-refractivity contribution is 9.10. The summed E-state index contributed by atoms with van der Waals surface area (Å²) in [6, 6.07) is 14.1. The Balaban J connectivity index is 1.51. The van der Waals surface area contributed by atoms with Crippen LogP contribution >= 0.6 is 15.9 Å². The lowest BCUT2D eigenvalue weighted by molar-refractivity contribution is -0.121. The van der Waals surface area contributed by atoms with Crippen LogP contribution in [-0.2, 0) is 4.79 Å². The number of nitrogens with one attached hydrogen (secondary N) is 1. The third-order valence-electron chi connectivity index (χ3n) is 6.09. The Hall–Kier alpha value is -2.47. The highest BCUT2D eigenvalue weighted by Gasteiger charge is 2.11. The molecule has 0 atom stereocenters. The van der Waals surface area contributed by atoms with Gasteiger partial charge in [0.05, 0.1) is 11.8 Å². The Labute approximate surface area is 225 Å². The minimum Gasteiger partial charge on any atom is -0.423 e. The maximum atomic E-state index is 12.3. The molecule has 2 rings (SSSR count). The minimum atomic E-state index is -0.427. The van der Waals surface area contributed by atoms with E-state index in [9.17, 15) is 9.59 Å². The van der Waals surface area contributed by atoms with Crippen molar-refractivity contribution < 1.29 is 14.3 Å². The first-order chi connectivity index (χ1) is 17.6. The van der Waals surface area contributed by atoms with Crippen molar-refractivity contribution in [1.29, 1.82) is 0 Å². The average Bonchev–Trinajstić information content (AvgIpc) is 2.88. The number of esters is 1. The van der Waals surface area contributed by atoms with Crippen LogP contribution < -0.4 is 10.2 Å². The average molecular weight is 558 g/mol. The largest absolute Gasteiger partial charge is 0.423 e. The topological polar surface area (TPSA) is 67.8 Å². The summed E-state index contributed by atoms with van der Waals surface area (Å²) < 4.78 is 6.10. The Morgan fingerprint density at radius 3 is 1.94 bits per heavy atom. The van der Waals surface area contributed by atoms with E-state index < -0.39 is 5.97 Å². The smallest absolute Gasteiger partial charge is 0.344 e. The van der Waals surface area contributed by atoms with Crippen molar-refractivity contribution in [2.24, 2.45) is 5.10 Å². The standard InChI is InChI=1S/C30H41BrN2O3/c1-2-3-4-5-6-7-8-9-10-11-12-13-14-19-29(34)33-32-24-25-20-22-26(23-21-25)36-30(35)27-17-15-16-18-28(27)31/h15-18,20-24H,2-14,19H2,1H3,(H,33,34). The summed E-state index contributed by atoms with van der Waals surface area (Å²) in [5.74, 6) is -0.0445. The van der Waals surface area contributed by atoms with Gasteiger partial charge >= 0.3 is 5.97 Å². The van der Waals surface area contributed by atoms with Gasteiger partial charge in [-0.3, -0.25) is 4.79 Å². The van der Waals surface area contributed by atoms with E-state index in [1.807, 2.05) is 6.07 Å². The molecule has 0 radical (unpaired) electrons. The summed E-state index contributed by atoms with van der Waals surface area (Å²) in [7, 11) is 0. The Bertz CT molecular complexity index is 928. The summed E-state index contributed by atoms with van der Waals surface area (Å²) in [6.07, 6.45) is 18.8. The van der Waals surface area contributed by atoms with E-state index in [4.69, 9.17) is 4.74 Å². The van der Waals surface area contributed by atoms with E-state index in [0.717, 1.165) is 18.4 Å². The van der Waals surface area contributed by atoms with Crippen LogP contribution in [0, 0.1) is 0 Å². The van der Waals surface area contributed by atoms with Crippen molar-refractivity contribution in [3.8, 4) is 5.75 Å². The molecule has 1 amide bonds. The number of carbonyl (C=O) groups is 2. The molecule has 0 aromatic heterocycles. The Morgan fingerprint density at radius 2 is 1.36 bits per heavy atom. The lowest BCUT2D eigenvalue weighted by atomic mass is 10.0. The number of unbranched alkanes of at least 4 members (excludes halogenated alkanes) is 12. The second kappa shape index (κ2) is 18.8. The van der Waals surface area contributed by atoms with Crippen molar-refractivity contribution in [3.05, 3.63) is 64.1 Å². The van der Waals surface area contributed by atoms with Gasteiger partial charge in [0.15, 0.2) is 0 Å². The fourth-order valence-electron chi connectivity index (χ4n) is 3.95. The van der Waals surface area contributed by atoms with Gasteiger partial charge in [-0.15, -0.1) is 0 Å². The van der Waals surface area contributed by atoms with E-state index in [1.165, 1.54) is 70.6 Å². The molecule has 0 spiro atoms. The van der Waals surface area contributed by atoms with Crippen molar-refractivity contribution in [1.82, 2.24) is 5.43 Å². The number of ether oxygens (including phenoxy) is 1. The fraction of sp³-hybridized carbons (Fsp3) is 0.500. The maximum Gasteiger partial charge on any atom is 0.344 e. The molecule has 0 heterocycles. The summed E-state index contributed by atoms with van der Waals surface area (Å²) in [5, 5.41) is 4.03. The zero-order valence-corrected chi connectivity index (χ0v) is 23.2. The molecule has 196 valence electrons. The number of carbonyl (C=O) groups excluding carboxylic acids is 2. The van der Waals surface area contributed by atoms with E-state index in [1.54, 1.807) is 48.7 Å². The number of nitrogens with zero attached hydrogens (tertiary/aromatic N) is 1. The van der Waals surface area contributed by atoms with Crippen molar-refractivity contribution in [3.63, 3.8) is 0 Å². The van der Waals surface area contributed by atoms with Gasteiger partial charge in [-0.25, -0.2) is 10.2 Å². The van der Waals surface area contributed by atoms with E-state index in [0.29, 0.717) is 22.2 Å². The van der Waals surface area contributed by atoms with Gasteiger partial charge in [0.1, 0.15) is 5.75 Å². The van der Waals surface area contributed by atoms with Crippen LogP contribution in [0.1, 0.15) is 113 Å². The predicted octanol–water partition coefficient (Wildman–Crippen LogP) is 8.60. The van der Waals surface area contributed by atoms with Crippen LogP contribution in [0.2, 0.25) is 0 Å². The van der Waals surface area contributed by atoms with Gasteiger partial charge in [-0.2, -0.15) is 5.10 Å². The SMILES string of the molecule is CCCCCCCCCCCCCCCC(=O)NN=Cc1ccc(OC(=O)c2ccccc2Br)cc1. The summed E-state index contributed by atoms with van der Waals surface area (Å²) in [6.45, 7) is 2.26. The number of halogens is 1. The molecule has 0 aliphatic carbocycles. The molecule has 36 heavy (non-hydrogen) atoms. The Morgan fingerprint density at radius 1 is 0.806 bits per heavy atom. The van der Waals surface area contributed by atoms with E-state index in [-0.39, 0.29) is 5.91 Å². The van der Waals surface area contributed by atoms with Crippen LogP contribution in [0.15, 0.2) is 58.1 Å². The molecule has 0 bridgehead atoms. The molecule has 5 nitrogen and oxygen atoms in total. The monoisotopic (exact) mass is 556 g/mol. The molecule has 0 aliphatic rings. The first-order valence-electron chi connectivity index (χ1n) is 13.5. The van der Waals surface area contributed by atoms with Gasteiger partial charge < -0.3 is 4.74 Å². The van der Waals surface area contributed by atoms with Gasteiger partial charge in [-0.05, 0) is 64.3 Å². The van der Waals surface area contributed by atoms with Crippen LogP contribution in [0.3, 0.4) is 0 Å². The summed E-state index contributed by atoms with van der Waals surface area (Å²) >= 11 is 3.35. The van der Waals surface area contributed by atoms with Crippen LogP contribution in [0.4, 0.5) is 0 Å². The van der Waals surface area contributed by atoms with Gasteiger partial charge in [0.2, 0.25) is 5.91 Å². The molecule has 6 heteroatoms. The highest BCUT2D eigenvalue weighted by Crippen LogP contribution is 2.19. The van der Waals surface area contributed by atoms with Gasteiger partial charge in [-0.1, -0.05) is 96.1 Å². The lowest BCUT2D eigenvalue weighted by Crippen LogP contribution is -2.16. The number of amides is 1. The summed E-state index contributed by atoms with van der Waals surface area (Å²) in [5.41, 5.74) is 3.86. The van der Waals surface area contributed by atoms with Gasteiger partial charge in [0, 0.05) is 10.9 Å². The van der Waals surface area contributed by atoms with Crippen LogP contribution in [-0.4, -0.2) is 18.1 Å². The Kier molecular flexibility index (Phi) is 15.5. The molecular weight excluding hydrogens is 516 g/mol. The highest BCUT2D eigenvalue weighted by atomic mass is 79.9. The minimum absolute atomic E-state index is 0.0617. The molecule has 2 aromatic rings. The number of hydrazone groups is 1. The maximum absolute atomic E-state index is 12.3. The van der Waals surface area contributed by atoms with Crippen molar-refractivity contribution >= 4 is 34.0 Å². The first kappa shape index (κ1) is 29.8. The van der Waals surface area contributed by atoms with Crippen LogP contribution in [0.5, 0.6) is 5.75 Å². The normalized spacial score (nSPS) is 11.1. The van der Waals surface area contributed by atoms with Crippen molar-refractivity contribution in [2.45, 2.75) is 96.8 Å². The first-order valence-corrected chi connectivity index (χ1v) is 14.3. The van der Waals surface area contributed by atoms with E-state index >= 15 is 0 Å². The predicted molar refractivity (Wildman–Crippen MR) is 152 cm³/mol. The van der Waals surface area contributed by atoms with Crippen molar-refractivity contribution in [2.75, 3.05) is 0 Å². The summed E-state index contributed by atoms with van der Waals surface area (Å²) in [4.78, 5) is 24.3. The second-order valence-electron chi connectivity index (χ2n) is 9.22. The molecule has 1 N–H and O–H groups in total. The number of hydrogen-bond donors (Lipinski definition) is 1. The molecule has 2 aromatic carbocycles. The molecular formula is C30H41BrN2O3. The van der Waals surface area contributed by atoms with Gasteiger partial charge in [0.25, 0.3) is 0 Å². The lowest BCUT2D eigenvalue weighted by Gasteiger charge is -2.06.